The van der Waals surface area contributed by atoms with Crippen LogP contribution in [-0.4, -0.2) is 54.8 Å². The molecular weight excluding hydrogens is 580 g/mol. The number of alkyl halides is 3. The highest BCUT2D eigenvalue weighted by atomic mass is 35.5. The maximum atomic E-state index is 14.2. The highest BCUT2D eigenvalue weighted by molar-refractivity contribution is 7.91. The Hall–Kier alpha value is -2.38. The third kappa shape index (κ3) is 6.04. The molecule has 0 aliphatic carbocycles. The second-order valence-corrected chi connectivity index (χ2v) is 12.5. The van der Waals surface area contributed by atoms with Crippen LogP contribution in [0.5, 0.6) is 0 Å². The van der Waals surface area contributed by atoms with Gasteiger partial charge in [-0.2, -0.15) is 13.2 Å². The van der Waals surface area contributed by atoms with Crippen LogP contribution >= 0.6 is 23.2 Å². The zero-order valence-electron chi connectivity index (χ0n) is 21.2. The molecule has 4 rings (SSSR count). The summed E-state index contributed by atoms with van der Waals surface area (Å²) in [5.74, 6) is -0.246. The summed E-state index contributed by atoms with van der Waals surface area (Å²) in [7, 11) is -1.97. The maximum Gasteiger partial charge on any atom is 0.416 e. The number of nitrogens with zero attached hydrogens (tertiary/aromatic N) is 2. The molecule has 0 radical (unpaired) electrons. The second-order valence-electron chi connectivity index (χ2n) is 9.48. The van der Waals surface area contributed by atoms with Crippen molar-refractivity contribution in [2.45, 2.75) is 50.0 Å². The lowest BCUT2D eigenvalue weighted by Crippen LogP contribution is -2.44. The number of likely N-dealkylation sites (N-methyl/N-ethyl adjacent to an activating group) is 1. The number of piperidine rings is 1. The van der Waals surface area contributed by atoms with Gasteiger partial charge < -0.3 is 10.3 Å². The number of aromatic nitrogens is 2. The van der Waals surface area contributed by atoms with Crippen LogP contribution in [0.25, 0.3) is 10.9 Å². The number of sulfone groups is 1. The number of H-pyrrole nitrogens is 1. The zero-order valence-corrected chi connectivity index (χ0v) is 23.5. The van der Waals surface area contributed by atoms with Crippen LogP contribution in [0.1, 0.15) is 36.5 Å². The minimum Gasteiger partial charge on any atom is -0.316 e. The van der Waals surface area contributed by atoms with Crippen LogP contribution in [0.3, 0.4) is 0 Å². The minimum atomic E-state index is -4.83. The standard InChI is InChI=1S/C25H27Cl2F3N4O4S/c1-3-39(37,38)20-7-6-15(26)9-14(20)11-34-23(35)17-10-19(25(28,29)30)18(21(27)22(17)32-24(34)36)13-33-8-4-5-16(12-33)31-2/h6-7,9-10,16,31H,3-5,8,11-13H2,1-2H3,(H,32,36)/t16-/m0/s1. The number of hydrogen-bond acceptors (Lipinski definition) is 6. The number of likely N-dealkylation sites (tertiary alicyclic amines) is 1. The highest BCUT2D eigenvalue weighted by Crippen LogP contribution is 2.39. The van der Waals surface area contributed by atoms with Crippen LogP contribution < -0.4 is 16.6 Å². The van der Waals surface area contributed by atoms with Gasteiger partial charge >= 0.3 is 11.9 Å². The van der Waals surface area contributed by atoms with E-state index in [2.05, 4.69) is 10.3 Å². The Morgan fingerprint density at radius 1 is 1.15 bits per heavy atom. The lowest BCUT2D eigenvalue weighted by Gasteiger charge is -2.33. The molecule has 0 unspecified atom stereocenters. The Labute approximate surface area is 232 Å². The van der Waals surface area contributed by atoms with Gasteiger partial charge in [-0.1, -0.05) is 30.1 Å². The van der Waals surface area contributed by atoms with Gasteiger partial charge in [0.05, 0.1) is 38.7 Å². The molecule has 39 heavy (non-hydrogen) atoms. The molecule has 0 bridgehead atoms. The van der Waals surface area contributed by atoms with Gasteiger partial charge in [-0.05, 0) is 61.8 Å². The number of fused-ring (bicyclic) bond motifs is 1. The Kier molecular flexibility index (Phi) is 8.53. The van der Waals surface area contributed by atoms with Crippen LogP contribution in [0.4, 0.5) is 13.2 Å². The molecule has 2 aromatic carbocycles. The van der Waals surface area contributed by atoms with Crippen molar-refractivity contribution in [2.75, 3.05) is 25.9 Å². The van der Waals surface area contributed by atoms with Gasteiger partial charge in [0.2, 0.25) is 0 Å². The number of rotatable bonds is 7. The fourth-order valence-corrected chi connectivity index (χ4v) is 6.52. The summed E-state index contributed by atoms with van der Waals surface area (Å²) in [6.45, 7) is 1.88. The number of nitrogens with one attached hydrogen (secondary N) is 2. The van der Waals surface area contributed by atoms with Crippen molar-refractivity contribution in [3.05, 3.63) is 71.8 Å². The fraction of sp³-hybridized carbons (Fsp3) is 0.440. The van der Waals surface area contributed by atoms with Crippen molar-refractivity contribution < 1.29 is 21.6 Å². The first kappa shape index (κ1) is 29.6. The summed E-state index contributed by atoms with van der Waals surface area (Å²) in [6.07, 6.45) is -3.14. The van der Waals surface area contributed by atoms with Gasteiger partial charge in [-0.25, -0.2) is 13.2 Å². The third-order valence-electron chi connectivity index (χ3n) is 6.99. The number of aromatic amines is 1. The van der Waals surface area contributed by atoms with E-state index in [1.54, 1.807) is 7.05 Å². The third-order valence-corrected chi connectivity index (χ3v) is 9.47. The first-order chi connectivity index (χ1) is 18.3. The minimum absolute atomic E-state index is 0.0549. The van der Waals surface area contributed by atoms with Crippen molar-refractivity contribution in [1.82, 2.24) is 19.8 Å². The summed E-state index contributed by atoms with van der Waals surface area (Å²) in [4.78, 5) is 30.6. The van der Waals surface area contributed by atoms with Gasteiger partial charge in [0.1, 0.15) is 0 Å². The predicted octanol–water partition coefficient (Wildman–Crippen LogP) is 4.04. The first-order valence-electron chi connectivity index (χ1n) is 12.2. The van der Waals surface area contributed by atoms with E-state index in [0.717, 1.165) is 12.8 Å². The van der Waals surface area contributed by atoms with Gasteiger partial charge in [0.25, 0.3) is 5.56 Å². The molecular formula is C25H27Cl2F3N4O4S. The van der Waals surface area contributed by atoms with Gasteiger partial charge in [0.15, 0.2) is 9.84 Å². The number of benzene rings is 2. The molecule has 2 heterocycles. The van der Waals surface area contributed by atoms with Crippen molar-refractivity contribution in [1.29, 1.82) is 0 Å². The van der Waals surface area contributed by atoms with E-state index in [1.165, 1.54) is 25.1 Å². The van der Waals surface area contributed by atoms with Crippen molar-refractivity contribution >= 4 is 43.9 Å². The summed E-state index contributed by atoms with van der Waals surface area (Å²) in [5.41, 5.74) is -3.44. The zero-order chi connectivity index (χ0) is 28.7. The van der Waals surface area contributed by atoms with Crippen molar-refractivity contribution in [2.24, 2.45) is 0 Å². The highest BCUT2D eigenvalue weighted by Gasteiger charge is 2.37. The van der Waals surface area contributed by atoms with Crippen LogP contribution in [0, 0.1) is 0 Å². The molecule has 1 fully saturated rings. The average Bonchev–Trinajstić information content (AvgIpc) is 2.87. The lowest BCUT2D eigenvalue weighted by atomic mass is 10.0. The Bertz CT molecular complexity index is 1640. The van der Waals surface area contributed by atoms with E-state index in [4.69, 9.17) is 23.2 Å². The second kappa shape index (κ2) is 11.2. The Balaban J connectivity index is 1.88. The van der Waals surface area contributed by atoms with Gasteiger partial charge in [-0.15, -0.1) is 0 Å². The molecule has 0 saturated carbocycles. The Morgan fingerprint density at radius 2 is 1.87 bits per heavy atom. The lowest BCUT2D eigenvalue weighted by molar-refractivity contribution is -0.138. The molecule has 1 aromatic heterocycles. The first-order valence-corrected chi connectivity index (χ1v) is 14.6. The van der Waals surface area contributed by atoms with Crippen molar-refractivity contribution in [3.8, 4) is 0 Å². The maximum absolute atomic E-state index is 14.2. The summed E-state index contributed by atoms with van der Waals surface area (Å²) >= 11 is 12.5. The molecule has 1 aliphatic heterocycles. The van der Waals surface area contributed by atoms with E-state index in [9.17, 15) is 31.2 Å². The molecule has 14 heteroatoms. The smallest absolute Gasteiger partial charge is 0.316 e. The quantitative estimate of drug-likeness (QED) is 0.421. The molecule has 1 aliphatic rings. The fourth-order valence-electron chi connectivity index (χ4n) is 4.90. The topological polar surface area (TPSA) is 104 Å². The number of hydrogen-bond donors (Lipinski definition) is 2. The van der Waals surface area contributed by atoms with E-state index in [0.29, 0.717) is 23.7 Å². The average molecular weight is 607 g/mol. The van der Waals surface area contributed by atoms with Gasteiger partial charge in [-0.3, -0.25) is 14.3 Å². The van der Waals surface area contributed by atoms with Crippen LogP contribution in [-0.2, 0) is 29.1 Å². The van der Waals surface area contributed by atoms with Crippen molar-refractivity contribution in [3.63, 3.8) is 0 Å². The van der Waals surface area contributed by atoms with Crippen LogP contribution in [0.15, 0.2) is 38.8 Å². The SMILES string of the molecule is CCS(=O)(=O)c1ccc(Cl)cc1Cn1c(=O)[nH]c2c(Cl)c(CN3CCC[C@H](NC)C3)c(C(F)(F)F)cc2c1=O. The predicted molar refractivity (Wildman–Crippen MR) is 144 cm³/mol. The molecule has 8 nitrogen and oxygen atoms in total. The molecule has 1 saturated heterocycles. The molecule has 0 spiro atoms. The van der Waals surface area contributed by atoms with E-state index < -0.39 is 44.8 Å². The van der Waals surface area contributed by atoms with E-state index >= 15 is 0 Å². The largest absolute Gasteiger partial charge is 0.416 e. The van der Waals surface area contributed by atoms with Gasteiger partial charge in [0, 0.05) is 24.2 Å². The normalized spacial score (nSPS) is 17.2. The van der Waals surface area contributed by atoms with E-state index in [1.807, 2.05) is 4.90 Å². The summed E-state index contributed by atoms with van der Waals surface area (Å²) < 4.78 is 68.5. The number of halogens is 5. The molecule has 212 valence electrons. The molecule has 1 atom stereocenters. The summed E-state index contributed by atoms with van der Waals surface area (Å²) in [6, 6.07) is 4.74. The summed E-state index contributed by atoms with van der Waals surface area (Å²) in [5, 5.41) is 2.50. The molecule has 2 N–H and O–H groups in total. The molecule has 3 aromatic rings. The Morgan fingerprint density at radius 3 is 2.51 bits per heavy atom. The molecule has 0 amide bonds. The van der Waals surface area contributed by atoms with Crippen LogP contribution in [0.2, 0.25) is 10.0 Å². The monoisotopic (exact) mass is 606 g/mol. The van der Waals surface area contributed by atoms with E-state index in [-0.39, 0.29) is 49.9 Å².